The molecule has 0 spiro atoms. The van der Waals surface area contributed by atoms with Crippen molar-refractivity contribution in [2.75, 3.05) is 19.7 Å². The summed E-state index contributed by atoms with van der Waals surface area (Å²) < 4.78 is 5.81. The molecule has 0 aliphatic heterocycles. The standard InChI is InChI=1S/C16H26N2O/c1-2-18(15-5-3-4-6-15)11-12-19-16-9-7-14(13-17)8-10-16/h7-10,15H,2-6,11-13,17H2,1H3. The molecule has 0 bridgehead atoms. The molecular weight excluding hydrogens is 236 g/mol. The van der Waals surface area contributed by atoms with Crippen molar-refractivity contribution >= 4 is 0 Å². The van der Waals surface area contributed by atoms with Crippen LogP contribution >= 0.6 is 0 Å². The van der Waals surface area contributed by atoms with E-state index in [1.165, 1.54) is 25.7 Å². The van der Waals surface area contributed by atoms with E-state index in [4.69, 9.17) is 10.5 Å². The van der Waals surface area contributed by atoms with E-state index in [1.807, 2.05) is 24.3 Å². The first-order valence-electron chi connectivity index (χ1n) is 7.49. The van der Waals surface area contributed by atoms with Crippen molar-refractivity contribution in [3.05, 3.63) is 29.8 Å². The lowest BCUT2D eigenvalue weighted by atomic mass is 10.2. The van der Waals surface area contributed by atoms with Gasteiger partial charge in [0, 0.05) is 19.1 Å². The van der Waals surface area contributed by atoms with E-state index in [0.717, 1.165) is 37.1 Å². The van der Waals surface area contributed by atoms with E-state index in [-0.39, 0.29) is 0 Å². The predicted octanol–water partition coefficient (Wildman–Crippen LogP) is 2.79. The van der Waals surface area contributed by atoms with Crippen LogP contribution in [0.25, 0.3) is 0 Å². The molecule has 1 aromatic carbocycles. The quantitative estimate of drug-likeness (QED) is 0.821. The van der Waals surface area contributed by atoms with Gasteiger partial charge in [0.1, 0.15) is 12.4 Å². The predicted molar refractivity (Wildman–Crippen MR) is 79.3 cm³/mol. The van der Waals surface area contributed by atoms with Gasteiger partial charge in [-0.25, -0.2) is 0 Å². The van der Waals surface area contributed by atoms with Gasteiger partial charge in [-0.2, -0.15) is 0 Å². The Morgan fingerprint density at radius 2 is 1.89 bits per heavy atom. The minimum absolute atomic E-state index is 0.589. The van der Waals surface area contributed by atoms with E-state index in [0.29, 0.717) is 6.54 Å². The maximum Gasteiger partial charge on any atom is 0.119 e. The van der Waals surface area contributed by atoms with E-state index < -0.39 is 0 Å². The average molecular weight is 262 g/mol. The van der Waals surface area contributed by atoms with Crippen molar-refractivity contribution in [2.45, 2.75) is 45.2 Å². The number of nitrogens with zero attached hydrogens (tertiary/aromatic N) is 1. The van der Waals surface area contributed by atoms with Gasteiger partial charge in [0.2, 0.25) is 0 Å². The van der Waals surface area contributed by atoms with Crippen LogP contribution in [0.2, 0.25) is 0 Å². The van der Waals surface area contributed by atoms with Crippen LogP contribution in [-0.2, 0) is 6.54 Å². The lowest BCUT2D eigenvalue weighted by molar-refractivity contribution is 0.168. The van der Waals surface area contributed by atoms with Crippen LogP contribution in [0.5, 0.6) is 5.75 Å². The Balaban J connectivity index is 1.74. The maximum atomic E-state index is 5.81. The van der Waals surface area contributed by atoms with E-state index in [1.54, 1.807) is 0 Å². The number of hydrogen-bond acceptors (Lipinski definition) is 3. The SMILES string of the molecule is CCN(CCOc1ccc(CN)cc1)C1CCCC1. The normalized spacial score (nSPS) is 16.2. The number of likely N-dealkylation sites (N-methyl/N-ethyl adjacent to an activating group) is 1. The Morgan fingerprint density at radius 1 is 1.21 bits per heavy atom. The van der Waals surface area contributed by atoms with Crippen molar-refractivity contribution in [2.24, 2.45) is 5.73 Å². The number of ether oxygens (including phenoxy) is 1. The van der Waals surface area contributed by atoms with Gasteiger partial charge >= 0.3 is 0 Å². The van der Waals surface area contributed by atoms with Crippen molar-refractivity contribution < 1.29 is 4.74 Å². The zero-order chi connectivity index (χ0) is 13.5. The molecule has 1 fully saturated rings. The molecule has 2 rings (SSSR count). The molecular formula is C16H26N2O. The smallest absolute Gasteiger partial charge is 0.119 e. The highest BCUT2D eigenvalue weighted by Crippen LogP contribution is 2.23. The zero-order valence-corrected chi connectivity index (χ0v) is 12.0. The second kappa shape index (κ2) is 7.51. The van der Waals surface area contributed by atoms with Gasteiger partial charge in [-0.1, -0.05) is 31.9 Å². The molecule has 3 nitrogen and oxygen atoms in total. The summed E-state index contributed by atoms with van der Waals surface area (Å²) in [6.45, 7) is 5.76. The molecule has 1 saturated carbocycles. The third kappa shape index (κ3) is 4.22. The maximum absolute atomic E-state index is 5.81. The largest absolute Gasteiger partial charge is 0.492 e. The first-order chi connectivity index (χ1) is 9.33. The lowest BCUT2D eigenvalue weighted by Crippen LogP contribution is -2.36. The zero-order valence-electron chi connectivity index (χ0n) is 12.0. The fraction of sp³-hybridized carbons (Fsp3) is 0.625. The van der Waals surface area contributed by atoms with Gasteiger partial charge in [-0.3, -0.25) is 4.90 Å². The fourth-order valence-electron chi connectivity index (χ4n) is 2.87. The van der Waals surface area contributed by atoms with E-state index >= 15 is 0 Å². The number of rotatable bonds is 7. The summed E-state index contributed by atoms with van der Waals surface area (Å²) in [6, 6.07) is 8.86. The summed E-state index contributed by atoms with van der Waals surface area (Å²) >= 11 is 0. The highest BCUT2D eigenvalue weighted by Gasteiger charge is 2.20. The summed E-state index contributed by atoms with van der Waals surface area (Å²) in [5, 5.41) is 0. The van der Waals surface area contributed by atoms with Crippen molar-refractivity contribution in [1.82, 2.24) is 4.90 Å². The third-order valence-corrected chi connectivity index (χ3v) is 4.05. The Hall–Kier alpha value is -1.06. The van der Waals surface area contributed by atoms with Crippen LogP contribution in [0.3, 0.4) is 0 Å². The highest BCUT2D eigenvalue weighted by atomic mass is 16.5. The second-order valence-corrected chi connectivity index (χ2v) is 5.26. The first-order valence-corrected chi connectivity index (χ1v) is 7.49. The minimum atomic E-state index is 0.589. The summed E-state index contributed by atoms with van der Waals surface area (Å²) in [6.07, 6.45) is 5.50. The number of hydrogen-bond donors (Lipinski definition) is 1. The van der Waals surface area contributed by atoms with Gasteiger partial charge in [-0.15, -0.1) is 0 Å². The molecule has 0 unspecified atom stereocenters. The van der Waals surface area contributed by atoms with Gasteiger partial charge in [-0.05, 0) is 37.1 Å². The van der Waals surface area contributed by atoms with E-state index in [9.17, 15) is 0 Å². The number of nitrogens with two attached hydrogens (primary N) is 1. The molecule has 0 amide bonds. The van der Waals surface area contributed by atoms with Gasteiger partial charge < -0.3 is 10.5 Å². The molecule has 0 saturated heterocycles. The van der Waals surface area contributed by atoms with Crippen LogP contribution in [0, 0.1) is 0 Å². The Kier molecular flexibility index (Phi) is 5.67. The van der Waals surface area contributed by atoms with Gasteiger partial charge in [0.15, 0.2) is 0 Å². The molecule has 19 heavy (non-hydrogen) atoms. The second-order valence-electron chi connectivity index (χ2n) is 5.26. The van der Waals surface area contributed by atoms with Gasteiger partial charge in [0.25, 0.3) is 0 Å². The van der Waals surface area contributed by atoms with Crippen LogP contribution in [0.1, 0.15) is 38.2 Å². The summed E-state index contributed by atoms with van der Waals surface area (Å²) in [5.74, 6) is 0.944. The van der Waals surface area contributed by atoms with Crippen LogP contribution in [0.15, 0.2) is 24.3 Å². The topological polar surface area (TPSA) is 38.5 Å². The fourth-order valence-corrected chi connectivity index (χ4v) is 2.87. The molecule has 1 aliphatic carbocycles. The Morgan fingerprint density at radius 3 is 2.47 bits per heavy atom. The summed E-state index contributed by atoms with van der Waals surface area (Å²) in [5.41, 5.74) is 6.73. The summed E-state index contributed by atoms with van der Waals surface area (Å²) in [4.78, 5) is 2.56. The number of benzene rings is 1. The average Bonchev–Trinajstić information content (AvgIpc) is 2.98. The molecule has 0 heterocycles. The molecule has 3 heteroatoms. The Bertz CT molecular complexity index is 358. The van der Waals surface area contributed by atoms with Crippen molar-refractivity contribution in [1.29, 1.82) is 0 Å². The van der Waals surface area contributed by atoms with Crippen LogP contribution in [0.4, 0.5) is 0 Å². The molecule has 0 atom stereocenters. The minimum Gasteiger partial charge on any atom is -0.492 e. The Labute approximate surface area is 116 Å². The molecule has 106 valence electrons. The molecule has 1 aromatic rings. The summed E-state index contributed by atoms with van der Waals surface area (Å²) in [7, 11) is 0. The monoisotopic (exact) mass is 262 g/mol. The third-order valence-electron chi connectivity index (χ3n) is 4.05. The van der Waals surface area contributed by atoms with Crippen molar-refractivity contribution in [3.63, 3.8) is 0 Å². The lowest BCUT2D eigenvalue weighted by Gasteiger charge is -2.27. The van der Waals surface area contributed by atoms with Crippen LogP contribution < -0.4 is 10.5 Å². The molecule has 0 radical (unpaired) electrons. The van der Waals surface area contributed by atoms with Gasteiger partial charge in [0.05, 0.1) is 0 Å². The molecule has 0 aromatic heterocycles. The molecule has 2 N–H and O–H groups in total. The van der Waals surface area contributed by atoms with Crippen LogP contribution in [-0.4, -0.2) is 30.6 Å². The first kappa shape index (κ1) is 14.4. The van der Waals surface area contributed by atoms with Crippen molar-refractivity contribution in [3.8, 4) is 5.75 Å². The van der Waals surface area contributed by atoms with E-state index in [2.05, 4.69) is 11.8 Å². The highest BCUT2D eigenvalue weighted by molar-refractivity contribution is 5.27. The molecule has 1 aliphatic rings.